The van der Waals surface area contributed by atoms with Gasteiger partial charge in [-0.2, -0.15) is 13.2 Å². The fraction of sp³-hybridized carbons (Fsp3) is 0.200. The summed E-state index contributed by atoms with van der Waals surface area (Å²) in [6.45, 7) is 0.395. The molecule has 27 heavy (non-hydrogen) atoms. The second-order valence-corrected chi connectivity index (χ2v) is 6.44. The Morgan fingerprint density at radius 1 is 1.00 bits per heavy atom. The molecule has 138 valence electrons. The van der Waals surface area contributed by atoms with Crippen LogP contribution in [-0.4, -0.2) is 29.0 Å². The van der Waals surface area contributed by atoms with Crippen molar-refractivity contribution in [2.45, 2.75) is 19.1 Å². The van der Waals surface area contributed by atoms with Gasteiger partial charge in [0, 0.05) is 29.3 Å². The molecule has 0 radical (unpaired) electrons. The number of alkyl halides is 3. The molecule has 0 aliphatic carbocycles. The summed E-state index contributed by atoms with van der Waals surface area (Å²) in [5, 5.41) is 0.189. The third kappa shape index (κ3) is 2.99. The van der Waals surface area contributed by atoms with Gasteiger partial charge >= 0.3 is 6.18 Å². The van der Waals surface area contributed by atoms with Gasteiger partial charge in [-0.25, -0.2) is 0 Å². The van der Waals surface area contributed by atoms with Crippen molar-refractivity contribution >= 4 is 28.3 Å². The maximum Gasteiger partial charge on any atom is 0.454 e. The molecule has 0 unspecified atom stereocenters. The average Bonchev–Trinajstić information content (AvgIpc) is 3.22. The summed E-state index contributed by atoms with van der Waals surface area (Å²) in [6.07, 6.45) is -3.10. The summed E-state index contributed by atoms with van der Waals surface area (Å²) < 4.78 is 40.1. The Balaban J connectivity index is 1.69. The number of rotatable bonds is 3. The summed E-state index contributed by atoms with van der Waals surface area (Å²) >= 11 is 0. The van der Waals surface area contributed by atoms with Crippen LogP contribution in [0.15, 0.2) is 54.7 Å². The number of aromatic nitrogens is 1. The van der Waals surface area contributed by atoms with Crippen LogP contribution < -0.4 is 4.90 Å². The highest BCUT2D eigenvalue weighted by Gasteiger charge is 2.41. The zero-order valence-corrected chi connectivity index (χ0v) is 14.2. The third-order valence-electron chi connectivity index (χ3n) is 4.78. The highest BCUT2D eigenvalue weighted by atomic mass is 19.4. The van der Waals surface area contributed by atoms with E-state index >= 15 is 0 Å². The van der Waals surface area contributed by atoms with Gasteiger partial charge in [0.25, 0.3) is 5.78 Å². The summed E-state index contributed by atoms with van der Waals surface area (Å²) in [6, 6.07) is 13.8. The summed E-state index contributed by atoms with van der Waals surface area (Å²) in [7, 11) is 0. The monoisotopic (exact) mass is 372 g/mol. The number of carbonyl (C=O) groups excluding carboxylic acids is 2. The van der Waals surface area contributed by atoms with Gasteiger partial charge in [-0.3, -0.25) is 9.59 Å². The molecule has 0 N–H and O–H groups in total. The molecule has 1 amide bonds. The van der Waals surface area contributed by atoms with Gasteiger partial charge in [-0.05, 0) is 24.1 Å². The van der Waals surface area contributed by atoms with E-state index in [0.29, 0.717) is 12.1 Å². The van der Waals surface area contributed by atoms with Gasteiger partial charge in [-0.15, -0.1) is 0 Å². The predicted octanol–water partition coefficient (Wildman–Crippen LogP) is 3.98. The lowest BCUT2D eigenvalue weighted by molar-refractivity contribution is -0.119. The van der Waals surface area contributed by atoms with E-state index in [9.17, 15) is 22.8 Å². The zero-order valence-electron chi connectivity index (χ0n) is 14.2. The number of fused-ring (bicyclic) bond motifs is 2. The SMILES string of the molecule is O=C(Cn1cc(C(=O)C(F)(F)F)c2ccccc21)N1CCc2ccccc21. The zero-order chi connectivity index (χ0) is 19.2. The minimum absolute atomic E-state index is 0.139. The van der Waals surface area contributed by atoms with E-state index < -0.39 is 17.5 Å². The second kappa shape index (κ2) is 6.26. The highest BCUT2D eigenvalue weighted by molar-refractivity contribution is 6.11. The van der Waals surface area contributed by atoms with Gasteiger partial charge in [0.1, 0.15) is 6.54 Å². The highest BCUT2D eigenvalue weighted by Crippen LogP contribution is 2.30. The largest absolute Gasteiger partial charge is 0.454 e. The molecule has 0 atom stereocenters. The second-order valence-electron chi connectivity index (χ2n) is 6.44. The predicted molar refractivity (Wildman–Crippen MR) is 94.8 cm³/mol. The van der Waals surface area contributed by atoms with E-state index in [2.05, 4.69) is 0 Å². The molecule has 4 nitrogen and oxygen atoms in total. The van der Waals surface area contributed by atoms with E-state index in [4.69, 9.17) is 0 Å². The summed E-state index contributed by atoms with van der Waals surface area (Å²) in [5.74, 6) is -2.14. The van der Waals surface area contributed by atoms with Crippen LogP contribution in [0.1, 0.15) is 15.9 Å². The number of hydrogen-bond donors (Lipinski definition) is 0. The first kappa shape index (κ1) is 17.3. The maximum absolute atomic E-state index is 12.9. The van der Waals surface area contributed by atoms with Crippen LogP contribution in [0.4, 0.5) is 18.9 Å². The van der Waals surface area contributed by atoms with Crippen molar-refractivity contribution in [1.82, 2.24) is 4.57 Å². The molecule has 7 heteroatoms. The topological polar surface area (TPSA) is 42.3 Å². The molecule has 2 aromatic carbocycles. The number of ketones is 1. The lowest BCUT2D eigenvalue weighted by Gasteiger charge is -2.18. The minimum atomic E-state index is -4.97. The molecule has 1 aromatic heterocycles. The Kier molecular flexibility index (Phi) is 4.02. The Bertz CT molecular complexity index is 1050. The van der Waals surface area contributed by atoms with Crippen molar-refractivity contribution in [2.75, 3.05) is 11.4 Å². The Morgan fingerprint density at radius 3 is 2.48 bits per heavy atom. The lowest BCUT2D eigenvalue weighted by Crippen LogP contribution is -2.32. The number of halogens is 3. The van der Waals surface area contributed by atoms with Gasteiger partial charge in [-0.1, -0.05) is 36.4 Å². The Morgan fingerprint density at radius 2 is 1.70 bits per heavy atom. The number of anilines is 1. The average molecular weight is 372 g/mol. The molecule has 0 fully saturated rings. The van der Waals surface area contributed by atoms with E-state index in [0.717, 1.165) is 23.9 Å². The van der Waals surface area contributed by atoms with Crippen molar-refractivity contribution in [3.05, 3.63) is 65.9 Å². The van der Waals surface area contributed by atoms with Crippen LogP contribution in [0.25, 0.3) is 10.9 Å². The number of Topliss-reactive ketones (excluding diaryl/α,β-unsaturated/α-hetero) is 1. The van der Waals surface area contributed by atoms with Gasteiger partial charge in [0.05, 0.1) is 5.56 Å². The molecule has 0 spiro atoms. The number of amides is 1. The van der Waals surface area contributed by atoms with Gasteiger partial charge in [0.15, 0.2) is 0 Å². The number of benzene rings is 2. The minimum Gasteiger partial charge on any atom is -0.337 e. The molecule has 1 aliphatic heterocycles. The van der Waals surface area contributed by atoms with Gasteiger partial charge in [0.2, 0.25) is 5.91 Å². The van der Waals surface area contributed by atoms with Crippen LogP contribution >= 0.6 is 0 Å². The first-order chi connectivity index (χ1) is 12.9. The summed E-state index contributed by atoms with van der Waals surface area (Å²) in [4.78, 5) is 26.2. The fourth-order valence-electron chi connectivity index (χ4n) is 3.54. The Hall–Kier alpha value is -3.09. The standard InChI is InChI=1S/C20H15F3N2O2/c21-20(22,23)19(27)15-11-24(17-8-4-2-6-14(15)17)12-18(26)25-10-9-13-5-1-3-7-16(13)25/h1-8,11H,9-10,12H2. The summed E-state index contributed by atoms with van der Waals surface area (Å²) in [5.41, 5.74) is 1.88. The van der Waals surface area contributed by atoms with Crippen LogP contribution in [0, 0.1) is 0 Å². The lowest BCUT2D eigenvalue weighted by atomic mass is 10.1. The molecule has 0 bridgehead atoms. The third-order valence-corrected chi connectivity index (χ3v) is 4.78. The van der Waals surface area contributed by atoms with Crippen molar-refractivity contribution in [3.8, 4) is 0 Å². The Labute approximate surface area is 152 Å². The van der Waals surface area contributed by atoms with E-state index in [1.54, 1.807) is 23.1 Å². The van der Waals surface area contributed by atoms with Crippen molar-refractivity contribution in [2.24, 2.45) is 0 Å². The molecular formula is C20H15F3N2O2. The maximum atomic E-state index is 12.9. The molecule has 0 saturated carbocycles. The first-order valence-corrected chi connectivity index (χ1v) is 8.44. The molecule has 3 aromatic rings. The van der Waals surface area contributed by atoms with Crippen molar-refractivity contribution in [3.63, 3.8) is 0 Å². The first-order valence-electron chi connectivity index (χ1n) is 8.44. The molecule has 0 saturated heterocycles. The smallest absolute Gasteiger partial charge is 0.337 e. The molecule has 2 heterocycles. The van der Waals surface area contributed by atoms with Crippen LogP contribution in [0.2, 0.25) is 0 Å². The number of hydrogen-bond acceptors (Lipinski definition) is 2. The quantitative estimate of drug-likeness (QED) is 0.653. The van der Waals surface area contributed by atoms with E-state index in [1.807, 2.05) is 24.3 Å². The number of para-hydroxylation sites is 2. The van der Waals surface area contributed by atoms with Crippen LogP contribution in [0.3, 0.4) is 0 Å². The fourth-order valence-corrected chi connectivity index (χ4v) is 3.54. The van der Waals surface area contributed by atoms with Gasteiger partial charge < -0.3 is 9.47 Å². The normalized spacial score (nSPS) is 13.8. The number of carbonyl (C=O) groups is 2. The van der Waals surface area contributed by atoms with E-state index in [-0.39, 0.29) is 17.8 Å². The van der Waals surface area contributed by atoms with E-state index in [1.165, 1.54) is 10.6 Å². The number of nitrogens with zero attached hydrogens (tertiary/aromatic N) is 2. The molecular weight excluding hydrogens is 357 g/mol. The van der Waals surface area contributed by atoms with Crippen LogP contribution in [-0.2, 0) is 17.8 Å². The molecule has 4 rings (SSSR count). The van der Waals surface area contributed by atoms with Crippen molar-refractivity contribution in [1.29, 1.82) is 0 Å². The van der Waals surface area contributed by atoms with Crippen molar-refractivity contribution < 1.29 is 22.8 Å². The van der Waals surface area contributed by atoms with Crippen LogP contribution in [0.5, 0.6) is 0 Å². The molecule has 1 aliphatic rings.